The monoisotopic (exact) mass is 202 g/mol. The third kappa shape index (κ3) is 6.51. The molecular weight excluding hydrogens is 179 g/mol. The molecule has 0 saturated heterocycles. The predicted octanol–water partition coefficient (Wildman–Crippen LogP) is 3.20. The van der Waals surface area contributed by atoms with Crippen molar-refractivity contribution in [2.75, 3.05) is 6.61 Å². The average Bonchev–Trinajstić information content (AvgIpc) is 2.14. The summed E-state index contributed by atoms with van der Waals surface area (Å²) in [5, 5.41) is 2.42. The van der Waals surface area contributed by atoms with Crippen molar-refractivity contribution in [3.63, 3.8) is 0 Å². The Morgan fingerprint density at radius 2 is 1.69 bits per heavy atom. The first-order chi connectivity index (χ1) is 6.28. The minimum atomic E-state index is -0.938. The normalized spacial score (nSPS) is 12.9. The smallest absolute Gasteiger partial charge is 0.462 e. The van der Waals surface area contributed by atoms with Gasteiger partial charge >= 0.3 is 14.5 Å². The maximum atomic E-state index is 5.95. The number of rotatable bonds is 8. The Balaban J connectivity index is 3.76. The fourth-order valence-corrected chi connectivity index (χ4v) is 2.91. The van der Waals surface area contributed by atoms with Gasteiger partial charge < -0.3 is 8.53 Å². The van der Waals surface area contributed by atoms with Crippen molar-refractivity contribution < 1.29 is 8.53 Å². The second-order valence-electron chi connectivity index (χ2n) is 3.25. The Bertz CT molecular complexity index is 99.1. The van der Waals surface area contributed by atoms with E-state index in [1.54, 1.807) is 0 Å². The Morgan fingerprint density at radius 1 is 1.08 bits per heavy atom. The van der Waals surface area contributed by atoms with Gasteiger partial charge in [-0.05, 0) is 13.3 Å². The largest absolute Gasteiger partial charge is 0.478 e. The van der Waals surface area contributed by atoms with Crippen LogP contribution in [0.3, 0.4) is 0 Å². The summed E-state index contributed by atoms with van der Waals surface area (Å²) in [6.07, 6.45) is 2.25. The van der Waals surface area contributed by atoms with Crippen molar-refractivity contribution in [1.29, 1.82) is 0 Å². The number of hydrogen-bond donors (Lipinski definition) is 0. The molecule has 13 heavy (non-hydrogen) atoms. The summed E-state index contributed by atoms with van der Waals surface area (Å²) in [5.41, 5.74) is 0. The molecule has 0 fully saturated rings. The SMILES string of the molecule is CCCC(OCC)[O][Al]([CH2]C)[CH2]C. The Morgan fingerprint density at radius 3 is 2.08 bits per heavy atom. The van der Waals surface area contributed by atoms with Gasteiger partial charge in [-0.25, -0.2) is 0 Å². The van der Waals surface area contributed by atoms with E-state index in [0.29, 0.717) is 0 Å². The van der Waals surface area contributed by atoms with Crippen molar-refractivity contribution in [1.82, 2.24) is 0 Å². The molecule has 0 N–H and O–H groups in total. The van der Waals surface area contributed by atoms with Gasteiger partial charge in [0.25, 0.3) is 0 Å². The van der Waals surface area contributed by atoms with Gasteiger partial charge in [0.1, 0.15) is 6.29 Å². The van der Waals surface area contributed by atoms with Crippen LogP contribution in [0.1, 0.15) is 40.5 Å². The minimum Gasteiger partial charge on any atom is -0.478 e. The molecule has 78 valence electrons. The van der Waals surface area contributed by atoms with Crippen molar-refractivity contribution >= 4 is 14.5 Å². The Labute approximate surface area is 87.3 Å². The van der Waals surface area contributed by atoms with Crippen LogP contribution in [0.15, 0.2) is 0 Å². The summed E-state index contributed by atoms with van der Waals surface area (Å²) < 4.78 is 11.5. The van der Waals surface area contributed by atoms with Crippen LogP contribution >= 0.6 is 0 Å². The first kappa shape index (κ1) is 13.5. The summed E-state index contributed by atoms with van der Waals surface area (Å²) >= 11 is -0.938. The summed E-state index contributed by atoms with van der Waals surface area (Å²) in [6, 6.07) is 0. The molecule has 0 aliphatic rings. The first-order valence-electron chi connectivity index (χ1n) is 5.55. The van der Waals surface area contributed by atoms with Crippen molar-refractivity contribution in [3.8, 4) is 0 Å². The highest BCUT2D eigenvalue weighted by atomic mass is 27.2. The van der Waals surface area contributed by atoms with Gasteiger partial charge in [0.05, 0.1) is 0 Å². The molecule has 1 atom stereocenters. The van der Waals surface area contributed by atoms with Gasteiger partial charge in [-0.1, -0.05) is 37.8 Å². The van der Waals surface area contributed by atoms with Crippen molar-refractivity contribution in [2.45, 2.75) is 57.4 Å². The fraction of sp³-hybridized carbons (Fsp3) is 1.00. The highest BCUT2D eigenvalue weighted by molar-refractivity contribution is 6.51. The summed E-state index contributed by atoms with van der Waals surface area (Å²) in [5.74, 6) is 0. The lowest BCUT2D eigenvalue weighted by atomic mass is 10.3. The molecule has 3 heteroatoms. The zero-order valence-electron chi connectivity index (χ0n) is 9.51. The topological polar surface area (TPSA) is 18.5 Å². The van der Waals surface area contributed by atoms with Crippen LogP contribution in [-0.2, 0) is 8.53 Å². The lowest BCUT2D eigenvalue weighted by Crippen LogP contribution is -2.26. The summed E-state index contributed by atoms with van der Waals surface area (Å²) in [6.45, 7) is 9.40. The van der Waals surface area contributed by atoms with E-state index in [1.807, 2.05) is 6.92 Å². The van der Waals surface area contributed by atoms with E-state index in [-0.39, 0.29) is 6.29 Å². The second kappa shape index (κ2) is 9.03. The molecule has 0 radical (unpaired) electrons. The molecule has 0 bridgehead atoms. The number of hydrogen-bond acceptors (Lipinski definition) is 2. The van der Waals surface area contributed by atoms with Gasteiger partial charge in [-0.15, -0.1) is 0 Å². The molecule has 1 unspecified atom stereocenters. The predicted molar refractivity (Wildman–Crippen MR) is 58.1 cm³/mol. The van der Waals surface area contributed by atoms with Crippen LogP contribution in [0.2, 0.25) is 10.6 Å². The van der Waals surface area contributed by atoms with Gasteiger partial charge in [0.15, 0.2) is 0 Å². The van der Waals surface area contributed by atoms with E-state index < -0.39 is 14.5 Å². The van der Waals surface area contributed by atoms with Crippen LogP contribution in [0.5, 0.6) is 0 Å². The molecule has 0 saturated carbocycles. The maximum absolute atomic E-state index is 5.95. The molecule has 0 spiro atoms. The lowest BCUT2D eigenvalue weighted by Gasteiger charge is -2.21. The third-order valence-electron chi connectivity index (χ3n) is 2.13. The second-order valence-corrected chi connectivity index (χ2v) is 6.40. The molecule has 0 rings (SSSR count). The van der Waals surface area contributed by atoms with Crippen LogP contribution in [0.25, 0.3) is 0 Å². The van der Waals surface area contributed by atoms with E-state index in [0.717, 1.165) is 19.4 Å². The molecule has 0 amide bonds. The van der Waals surface area contributed by atoms with Gasteiger partial charge in [-0.2, -0.15) is 0 Å². The Kier molecular flexibility index (Phi) is 9.34. The van der Waals surface area contributed by atoms with Gasteiger partial charge in [0.2, 0.25) is 0 Å². The average molecular weight is 202 g/mol. The van der Waals surface area contributed by atoms with E-state index in [1.165, 1.54) is 10.6 Å². The van der Waals surface area contributed by atoms with Crippen molar-refractivity contribution in [3.05, 3.63) is 0 Å². The lowest BCUT2D eigenvalue weighted by molar-refractivity contribution is -0.0829. The standard InChI is InChI=1S/C6H13O2.2C2H5.Al/c1-3-5-6(7)8-4-2;2*1-2;/h6H,3-5H2,1-2H3;2*1H2,2H3;/q-1;;;+1. The van der Waals surface area contributed by atoms with Crippen LogP contribution < -0.4 is 0 Å². The first-order valence-corrected chi connectivity index (χ1v) is 7.65. The molecule has 0 aromatic carbocycles. The van der Waals surface area contributed by atoms with Crippen LogP contribution in [-0.4, -0.2) is 27.4 Å². The molecular formula is C10H23AlO2. The maximum Gasteiger partial charge on any atom is 0.462 e. The minimum absolute atomic E-state index is 0.0755. The molecule has 0 aromatic rings. The molecule has 0 aliphatic heterocycles. The number of ether oxygens (including phenoxy) is 1. The summed E-state index contributed by atoms with van der Waals surface area (Å²) in [7, 11) is 0. The molecule has 2 nitrogen and oxygen atoms in total. The zero-order valence-corrected chi connectivity index (χ0v) is 10.7. The van der Waals surface area contributed by atoms with E-state index in [4.69, 9.17) is 8.53 Å². The highest BCUT2D eigenvalue weighted by Gasteiger charge is 2.19. The highest BCUT2D eigenvalue weighted by Crippen LogP contribution is 2.10. The van der Waals surface area contributed by atoms with Crippen molar-refractivity contribution in [2.24, 2.45) is 0 Å². The molecule has 0 heterocycles. The third-order valence-corrected chi connectivity index (χ3v) is 4.64. The van der Waals surface area contributed by atoms with E-state index in [9.17, 15) is 0 Å². The van der Waals surface area contributed by atoms with E-state index >= 15 is 0 Å². The quantitative estimate of drug-likeness (QED) is 0.444. The zero-order chi connectivity index (χ0) is 10.1. The van der Waals surface area contributed by atoms with E-state index in [2.05, 4.69) is 20.8 Å². The molecule has 0 aromatic heterocycles. The van der Waals surface area contributed by atoms with Gasteiger partial charge in [0, 0.05) is 6.61 Å². The van der Waals surface area contributed by atoms with Gasteiger partial charge in [-0.3, -0.25) is 0 Å². The fourth-order valence-electron chi connectivity index (χ4n) is 1.31. The van der Waals surface area contributed by atoms with Crippen LogP contribution in [0.4, 0.5) is 0 Å². The molecule has 0 aliphatic carbocycles. The summed E-state index contributed by atoms with van der Waals surface area (Å²) in [4.78, 5) is 0. The van der Waals surface area contributed by atoms with Crippen LogP contribution in [0, 0.1) is 0 Å². The Hall–Kier alpha value is 0.452.